The Morgan fingerprint density at radius 3 is 2.81 bits per heavy atom. The first kappa shape index (κ1) is 13.6. The third kappa shape index (κ3) is 2.49. The molecule has 1 aliphatic rings. The van der Waals surface area contributed by atoms with Crippen molar-refractivity contribution < 1.29 is 14.7 Å². The molecule has 0 aliphatic heterocycles. The number of carboxylic acid groups (broad SMARTS) is 1. The molecule has 3 rings (SSSR count). The first-order valence-electron chi connectivity index (χ1n) is 6.97. The number of carbonyl (C=O) groups excluding carboxylic acids is 1. The molecule has 6 nitrogen and oxygen atoms in total. The Bertz CT molecular complexity index is 716. The lowest BCUT2D eigenvalue weighted by atomic mass is 9.74. The van der Waals surface area contributed by atoms with Gasteiger partial charge in [0.2, 0.25) is 0 Å². The van der Waals surface area contributed by atoms with E-state index in [-0.39, 0.29) is 12.3 Å². The fourth-order valence-electron chi connectivity index (χ4n) is 2.93. The highest BCUT2D eigenvalue weighted by Gasteiger charge is 2.40. The summed E-state index contributed by atoms with van der Waals surface area (Å²) in [6.07, 6.45) is 4.01. The summed E-state index contributed by atoms with van der Waals surface area (Å²) < 4.78 is 0. The fraction of sp³-hybridized carbons (Fsp3) is 0.400. The Balaban J connectivity index is 1.90. The second kappa shape index (κ2) is 4.87. The molecule has 1 fully saturated rings. The number of aromatic amines is 1. The summed E-state index contributed by atoms with van der Waals surface area (Å²) in [7, 11) is 0. The van der Waals surface area contributed by atoms with Crippen molar-refractivity contribution in [2.75, 3.05) is 0 Å². The number of H-pyrrole nitrogens is 1. The van der Waals surface area contributed by atoms with Crippen LogP contribution < -0.4 is 5.32 Å². The van der Waals surface area contributed by atoms with Crippen LogP contribution >= 0.6 is 0 Å². The minimum atomic E-state index is -0.883. The van der Waals surface area contributed by atoms with E-state index in [0.717, 1.165) is 17.4 Å². The predicted molar refractivity (Wildman–Crippen MR) is 77.1 cm³/mol. The number of nitrogens with one attached hydrogen (secondary N) is 2. The molecular weight excluding hydrogens is 270 g/mol. The third-order valence-corrected chi connectivity index (χ3v) is 4.12. The minimum absolute atomic E-state index is 0.0311. The van der Waals surface area contributed by atoms with E-state index in [1.54, 1.807) is 12.3 Å². The van der Waals surface area contributed by atoms with Crippen molar-refractivity contribution in [3.05, 3.63) is 29.5 Å². The highest BCUT2D eigenvalue weighted by Crippen LogP contribution is 2.35. The van der Waals surface area contributed by atoms with Crippen LogP contribution in [-0.4, -0.2) is 32.7 Å². The lowest BCUT2D eigenvalue weighted by Gasteiger charge is -2.41. The van der Waals surface area contributed by atoms with Crippen molar-refractivity contribution in [1.82, 2.24) is 15.5 Å². The number of carboxylic acids is 1. The molecule has 0 spiro atoms. The number of aliphatic carboxylic acids is 1. The molecule has 1 amide bonds. The molecule has 110 valence electrons. The van der Waals surface area contributed by atoms with Crippen molar-refractivity contribution in [2.45, 2.75) is 38.1 Å². The molecule has 0 bridgehead atoms. The Hall–Kier alpha value is -2.37. The van der Waals surface area contributed by atoms with Crippen LogP contribution in [0.4, 0.5) is 0 Å². The number of fused-ring (bicyclic) bond motifs is 1. The maximum atomic E-state index is 12.5. The molecule has 3 N–H and O–H groups in total. The summed E-state index contributed by atoms with van der Waals surface area (Å²) in [6, 6.07) is 3.74. The fourth-order valence-corrected chi connectivity index (χ4v) is 2.93. The summed E-state index contributed by atoms with van der Waals surface area (Å²) >= 11 is 0. The zero-order valence-electron chi connectivity index (χ0n) is 11.8. The summed E-state index contributed by atoms with van der Waals surface area (Å²) in [5.41, 5.74) is 1.57. The van der Waals surface area contributed by atoms with Gasteiger partial charge in [0.25, 0.3) is 5.91 Å². The maximum absolute atomic E-state index is 12.5. The van der Waals surface area contributed by atoms with E-state index < -0.39 is 11.5 Å². The third-order valence-electron chi connectivity index (χ3n) is 4.12. The number of aromatic nitrogens is 2. The quantitative estimate of drug-likeness (QED) is 0.801. The molecular formula is C15H17N3O3. The molecule has 2 aromatic rings. The molecule has 1 aromatic carbocycles. The molecule has 0 radical (unpaired) electrons. The van der Waals surface area contributed by atoms with Crippen molar-refractivity contribution in [3.63, 3.8) is 0 Å². The van der Waals surface area contributed by atoms with Crippen LogP contribution in [0.3, 0.4) is 0 Å². The second-order valence-corrected chi connectivity index (χ2v) is 5.81. The van der Waals surface area contributed by atoms with Crippen LogP contribution in [0.25, 0.3) is 10.9 Å². The van der Waals surface area contributed by atoms with Gasteiger partial charge in [-0.3, -0.25) is 14.7 Å². The van der Waals surface area contributed by atoms with Gasteiger partial charge in [-0.25, -0.2) is 0 Å². The first-order valence-corrected chi connectivity index (χ1v) is 6.97. The van der Waals surface area contributed by atoms with Crippen molar-refractivity contribution in [1.29, 1.82) is 0 Å². The van der Waals surface area contributed by atoms with E-state index in [1.165, 1.54) is 0 Å². The van der Waals surface area contributed by atoms with E-state index in [9.17, 15) is 9.59 Å². The molecule has 1 aliphatic carbocycles. The van der Waals surface area contributed by atoms with E-state index in [1.807, 2.05) is 13.0 Å². The summed E-state index contributed by atoms with van der Waals surface area (Å²) in [6.45, 7) is 1.92. The van der Waals surface area contributed by atoms with Crippen molar-refractivity contribution in [2.24, 2.45) is 0 Å². The number of hydrogen-bond donors (Lipinski definition) is 3. The van der Waals surface area contributed by atoms with Gasteiger partial charge in [-0.05, 0) is 43.9 Å². The number of rotatable bonds is 4. The van der Waals surface area contributed by atoms with Gasteiger partial charge in [0.15, 0.2) is 0 Å². The normalized spacial score (nSPS) is 16.4. The molecule has 21 heavy (non-hydrogen) atoms. The number of hydrogen-bond acceptors (Lipinski definition) is 3. The standard InChI is InChI=1S/C15H17N3O3/c1-9-5-10-8-16-18-13(10)11(6-9)14(21)17-15(3-2-4-15)7-12(19)20/h5-6,8H,2-4,7H2,1H3,(H,16,18)(H,17,21)(H,19,20). The zero-order chi connectivity index (χ0) is 15.0. The van der Waals surface area contributed by atoms with E-state index in [2.05, 4.69) is 15.5 Å². The SMILES string of the molecule is Cc1cc(C(=O)NC2(CC(=O)O)CCC2)c2[nH]ncc2c1. The van der Waals surface area contributed by atoms with Crippen molar-refractivity contribution in [3.8, 4) is 0 Å². The van der Waals surface area contributed by atoms with Gasteiger partial charge < -0.3 is 10.4 Å². The van der Waals surface area contributed by atoms with Crippen molar-refractivity contribution >= 4 is 22.8 Å². The van der Waals surface area contributed by atoms with Gasteiger partial charge in [-0.1, -0.05) is 0 Å². The average molecular weight is 287 g/mol. The number of nitrogens with zero attached hydrogens (tertiary/aromatic N) is 1. The highest BCUT2D eigenvalue weighted by molar-refractivity contribution is 6.06. The Morgan fingerprint density at radius 1 is 1.43 bits per heavy atom. The van der Waals surface area contributed by atoms with Gasteiger partial charge in [0.05, 0.1) is 29.2 Å². The lowest BCUT2D eigenvalue weighted by Crippen LogP contribution is -2.54. The topological polar surface area (TPSA) is 95.1 Å². The average Bonchev–Trinajstić information content (AvgIpc) is 2.82. The lowest BCUT2D eigenvalue weighted by molar-refractivity contribution is -0.139. The molecule has 1 heterocycles. The Labute approximate surface area is 121 Å². The van der Waals surface area contributed by atoms with Gasteiger partial charge in [-0.15, -0.1) is 0 Å². The van der Waals surface area contributed by atoms with Gasteiger partial charge >= 0.3 is 5.97 Å². The van der Waals surface area contributed by atoms with E-state index >= 15 is 0 Å². The smallest absolute Gasteiger partial charge is 0.305 e. The molecule has 6 heteroatoms. The van der Waals surface area contributed by atoms with Crippen LogP contribution in [-0.2, 0) is 4.79 Å². The van der Waals surface area contributed by atoms with Crippen LogP contribution in [0.1, 0.15) is 41.6 Å². The number of carbonyl (C=O) groups is 2. The van der Waals surface area contributed by atoms with E-state index in [4.69, 9.17) is 5.11 Å². The monoisotopic (exact) mass is 287 g/mol. The second-order valence-electron chi connectivity index (χ2n) is 5.81. The zero-order valence-corrected chi connectivity index (χ0v) is 11.8. The van der Waals surface area contributed by atoms with Crippen LogP contribution in [0.2, 0.25) is 0 Å². The maximum Gasteiger partial charge on any atom is 0.305 e. The number of amides is 1. The van der Waals surface area contributed by atoms with Crippen LogP contribution in [0.5, 0.6) is 0 Å². The largest absolute Gasteiger partial charge is 0.481 e. The minimum Gasteiger partial charge on any atom is -0.481 e. The molecule has 1 aromatic heterocycles. The number of aryl methyl sites for hydroxylation is 1. The molecule has 1 saturated carbocycles. The highest BCUT2D eigenvalue weighted by atomic mass is 16.4. The first-order chi connectivity index (χ1) is 9.99. The molecule has 0 unspecified atom stereocenters. The Morgan fingerprint density at radius 2 is 2.19 bits per heavy atom. The summed E-state index contributed by atoms with van der Waals surface area (Å²) in [4.78, 5) is 23.5. The van der Waals surface area contributed by atoms with Gasteiger partial charge in [0.1, 0.15) is 0 Å². The molecule has 0 saturated heterocycles. The number of benzene rings is 1. The summed E-state index contributed by atoms with van der Waals surface area (Å²) in [5.74, 6) is -1.13. The molecule has 0 atom stereocenters. The van der Waals surface area contributed by atoms with Gasteiger partial charge in [-0.2, -0.15) is 5.10 Å². The van der Waals surface area contributed by atoms with Gasteiger partial charge in [0, 0.05) is 5.39 Å². The summed E-state index contributed by atoms with van der Waals surface area (Å²) in [5, 5.41) is 19.6. The van der Waals surface area contributed by atoms with Crippen LogP contribution in [0, 0.1) is 6.92 Å². The Kier molecular flexibility index (Phi) is 3.16. The van der Waals surface area contributed by atoms with Crippen LogP contribution in [0.15, 0.2) is 18.3 Å². The van der Waals surface area contributed by atoms with E-state index in [0.29, 0.717) is 23.9 Å². The predicted octanol–water partition coefficient (Wildman–Crippen LogP) is 2.00.